The van der Waals surface area contributed by atoms with Crippen molar-refractivity contribution in [2.75, 3.05) is 31.2 Å². The summed E-state index contributed by atoms with van der Waals surface area (Å²) in [6.45, 7) is 3.32. The third-order valence-electron chi connectivity index (χ3n) is 3.01. The molecule has 1 atom stereocenters. The van der Waals surface area contributed by atoms with Crippen molar-refractivity contribution in [3.63, 3.8) is 0 Å². The van der Waals surface area contributed by atoms with Crippen molar-refractivity contribution in [3.05, 3.63) is 28.3 Å². The van der Waals surface area contributed by atoms with E-state index in [4.69, 9.17) is 14.7 Å². The van der Waals surface area contributed by atoms with Crippen LogP contribution in [0.3, 0.4) is 0 Å². The van der Waals surface area contributed by atoms with Gasteiger partial charge < -0.3 is 14.4 Å². The summed E-state index contributed by atoms with van der Waals surface area (Å²) in [6.07, 6.45) is -0.570. The fourth-order valence-electron chi connectivity index (χ4n) is 2.17. The van der Waals surface area contributed by atoms with E-state index in [2.05, 4.69) is 0 Å². The first-order chi connectivity index (χ1) is 9.67. The average molecular weight is 277 g/mol. The topological polar surface area (TPSA) is 88.6 Å². The summed E-state index contributed by atoms with van der Waals surface area (Å²) >= 11 is 0. The molecule has 0 aliphatic carbocycles. The Labute approximate surface area is 116 Å². The molecule has 0 spiro atoms. The van der Waals surface area contributed by atoms with Crippen LogP contribution in [0.25, 0.3) is 0 Å². The largest absolute Gasteiger partial charge is 0.487 e. The lowest BCUT2D eigenvalue weighted by Gasteiger charge is -2.31. The molecule has 106 valence electrons. The maximum absolute atomic E-state index is 11.3. The molecule has 7 nitrogen and oxygen atoms in total. The first-order valence-corrected chi connectivity index (χ1v) is 6.33. The van der Waals surface area contributed by atoms with E-state index >= 15 is 0 Å². The molecule has 1 unspecified atom stereocenters. The number of anilines is 1. The van der Waals surface area contributed by atoms with Gasteiger partial charge in [-0.2, -0.15) is 5.26 Å². The van der Waals surface area contributed by atoms with E-state index in [0.29, 0.717) is 32.0 Å². The lowest BCUT2D eigenvalue weighted by atomic mass is 10.2. The fourth-order valence-corrected chi connectivity index (χ4v) is 2.17. The molecular formula is C13H15N3O4. The Balaban J connectivity index is 2.38. The van der Waals surface area contributed by atoms with Gasteiger partial charge in [-0.05, 0) is 19.1 Å². The number of nitriles is 1. The predicted molar refractivity (Wildman–Crippen MR) is 71.8 cm³/mol. The third-order valence-corrected chi connectivity index (χ3v) is 3.01. The Morgan fingerprint density at radius 3 is 3.10 bits per heavy atom. The van der Waals surface area contributed by atoms with Crippen molar-refractivity contribution in [2.24, 2.45) is 0 Å². The molecule has 0 aromatic heterocycles. The van der Waals surface area contributed by atoms with Crippen molar-refractivity contribution >= 4 is 11.4 Å². The Bertz CT molecular complexity index is 541. The third kappa shape index (κ3) is 2.81. The molecule has 1 saturated heterocycles. The lowest BCUT2D eigenvalue weighted by Crippen LogP contribution is -2.42. The van der Waals surface area contributed by atoms with Gasteiger partial charge in [-0.25, -0.2) is 0 Å². The molecule has 1 aliphatic rings. The van der Waals surface area contributed by atoms with Gasteiger partial charge in [0.05, 0.1) is 30.8 Å². The van der Waals surface area contributed by atoms with E-state index in [9.17, 15) is 10.1 Å². The highest BCUT2D eigenvalue weighted by Crippen LogP contribution is 2.37. The minimum absolute atomic E-state index is 0.0621. The van der Waals surface area contributed by atoms with Gasteiger partial charge in [0.1, 0.15) is 5.69 Å². The van der Waals surface area contributed by atoms with E-state index < -0.39 is 11.0 Å². The lowest BCUT2D eigenvalue weighted by molar-refractivity contribution is -0.385. The van der Waals surface area contributed by atoms with E-state index in [-0.39, 0.29) is 11.4 Å². The normalized spacial score (nSPS) is 18.4. The summed E-state index contributed by atoms with van der Waals surface area (Å²) < 4.78 is 10.6. The molecule has 1 aliphatic heterocycles. The van der Waals surface area contributed by atoms with Crippen LogP contribution >= 0.6 is 0 Å². The van der Waals surface area contributed by atoms with Crippen LogP contribution in [0.2, 0.25) is 0 Å². The highest BCUT2D eigenvalue weighted by molar-refractivity contribution is 5.70. The van der Waals surface area contributed by atoms with Gasteiger partial charge in [-0.15, -0.1) is 0 Å². The van der Waals surface area contributed by atoms with Crippen molar-refractivity contribution in [1.29, 1.82) is 5.26 Å². The van der Waals surface area contributed by atoms with E-state index in [0.717, 1.165) is 0 Å². The summed E-state index contributed by atoms with van der Waals surface area (Å²) in [5.74, 6) is 0.245. The predicted octanol–water partition coefficient (Wildman–Crippen LogP) is 1.72. The SMILES string of the molecule is CCOc1cccc(N2CCOC(C#N)C2)c1[N+](=O)[O-]. The Kier molecular flexibility index (Phi) is 4.38. The van der Waals surface area contributed by atoms with Crippen LogP contribution in [-0.4, -0.2) is 37.3 Å². The van der Waals surface area contributed by atoms with Crippen LogP contribution in [0, 0.1) is 21.4 Å². The van der Waals surface area contributed by atoms with Gasteiger partial charge in [0, 0.05) is 6.54 Å². The van der Waals surface area contributed by atoms with E-state index in [1.165, 1.54) is 0 Å². The number of morpholine rings is 1. The molecule has 0 amide bonds. The second-order valence-corrected chi connectivity index (χ2v) is 4.25. The molecular weight excluding hydrogens is 262 g/mol. The number of hydrogen-bond donors (Lipinski definition) is 0. The summed E-state index contributed by atoms with van der Waals surface area (Å²) in [5, 5.41) is 20.2. The first-order valence-electron chi connectivity index (χ1n) is 6.33. The molecule has 2 rings (SSSR count). The number of rotatable bonds is 4. The quantitative estimate of drug-likeness (QED) is 0.615. The second kappa shape index (κ2) is 6.21. The molecule has 0 bridgehead atoms. The minimum Gasteiger partial charge on any atom is -0.487 e. The smallest absolute Gasteiger partial charge is 0.333 e. The molecule has 1 aromatic carbocycles. The summed E-state index contributed by atoms with van der Waals surface area (Å²) in [4.78, 5) is 12.7. The zero-order valence-corrected chi connectivity index (χ0v) is 11.1. The number of nitro benzene ring substituents is 1. The Hall–Kier alpha value is -2.33. The molecule has 1 aromatic rings. The molecule has 1 fully saturated rings. The van der Waals surface area contributed by atoms with Gasteiger partial charge >= 0.3 is 5.69 Å². The summed E-state index contributed by atoms with van der Waals surface area (Å²) in [7, 11) is 0. The van der Waals surface area contributed by atoms with Gasteiger partial charge in [0.15, 0.2) is 11.9 Å². The van der Waals surface area contributed by atoms with Crippen LogP contribution in [0.1, 0.15) is 6.92 Å². The van der Waals surface area contributed by atoms with Crippen molar-refractivity contribution < 1.29 is 14.4 Å². The van der Waals surface area contributed by atoms with E-state index in [1.54, 1.807) is 30.0 Å². The highest BCUT2D eigenvalue weighted by Gasteiger charge is 2.28. The number of hydrogen-bond acceptors (Lipinski definition) is 6. The molecule has 1 heterocycles. The van der Waals surface area contributed by atoms with Gasteiger partial charge in [-0.3, -0.25) is 10.1 Å². The number of nitro groups is 1. The molecule has 0 N–H and O–H groups in total. The zero-order chi connectivity index (χ0) is 14.5. The van der Waals surface area contributed by atoms with Gasteiger partial charge in [0.2, 0.25) is 0 Å². The highest BCUT2D eigenvalue weighted by atomic mass is 16.6. The number of nitrogens with zero attached hydrogens (tertiary/aromatic N) is 3. The summed E-state index contributed by atoms with van der Waals surface area (Å²) in [6, 6.07) is 6.98. The van der Waals surface area contributed by atoms with Crippen LogP contribution in [0.15, 0.2) is 18.2 Å². The van der Waals surface area contributed by atoms with Crippen LogP contribution < -0.4 is 9.64 Å². The average Bonchev–Trinajstić information content (AvgIpc) is 2.47. The first kappa shape index (κ1) is 14.1. The Morgan fingerprint density at radius 1 is 1.65 bits per heavy atom. The maximum Gasteiger partial charge on any atom is 0.333 e. The van der Waals surface area contributed by atoms with Gasteiger partial charge in [-0.1, -0.05) is 6.07 Å². The van der Waals surface area contributed by atoms with Crippen LogP contribution in [0.5, 0.6) is 5.75 Å². The molecule has 0 saturated carbocycles. The van der Waals surface area contributed by atoms with E-state index in [1.807, 2.05) is 6.07 Å². The number of benzene rings is 1. The van der Waals surface area contributed by atoms with Crippen LogP contribution in [-0.2, 0) is 4.74 Å². The van der Waals surface area contributed by atoms with Crippen molar-refractivity contribution in [3.8, 4) is 11.8 Å². The minimum atomic E-state index is -0.570. The summed E-state index contributed by atoms with van der Waals surface area (Å²) in [5.41, 5.74) is 0.400. The second-order valence-electron chi connectivity index (χ2n) is 4.25. The molecule has 20 heavy (non-hydrogen) atoms. The zero-order valence-electron chi connectivity index (χ0n) is 11.1. The fraction of sp³-hybridized carbons (Fsp3) is 0.462. The van der Waals surface area contributed by atoms with Crippen LogP contribution in [0.4, 0.5) is 11.4 Å². The number of ether oxygens (including phenoxy) is 2. The Morgan fingerprint density at radius 2 is 2.45 bits per heavy atom. The number of para-hydroxylation sites is 1. The van der Waals surface area contributed by atoms with Crippen molar-refractivity contribution in [1.82, 2.24) is 0 Å². The van der Waals surface area contributed by atoms with Gasteiger partial charge in [0.25, 0.3) is 0 Å². The maximum atomic E-state index is 11.3. The molecule has 0 radical (unpaired) electrons. The standard InChI is InChI=1S/C13H15N3O4/c1-2-19-12-5-3-4-11(13(12)16(17)18)15-6-7-20-10(8-14)9-15/h3-5,10H,2,6-7,9H2,1H3. The monoisotopic (exact) mass is 277 g/mol. The van der Waals surface area contributed by atoms with Crippen molar-refractivity contribution in [2.45, 2.75) is 13.0 Å². The molecule has 7 heteroatoms.